The molecule has 0 saturated carbocycles. The number of H-pyrrole nitrogens is 1. The molecule has 3 nitrogen and oxygen atoms in total. The Hall–Kier alpha value is -2.26. The Morgan fingerprint density at radius 3 is 3.00 bits per heavy atom. The van der Waals surface area contributed by atoms with Gasteiger partial charge in [0.15, 0.2) is 0 Å². The third-order valence-corrected chi connectivity index (χ3v) is 5.48. The average Bonchev–Trinajstić information content (AvgIpc) is 2.97. The number of methoxy groups -OCH3 is 1. The number of benzene rings is 2. The van der Waals surface area contributed by atoms with Gasteiger partial charge in [-0.05, 0) is 47.7 Å². The first-order chi connectivity index (χ1) is 11.3. The van der Waals surface area contributed by atoms with Gasteiger partial charge >= 0.3 is 0 Å². The van der Waals surface area contributed by atoms with Crippen LogP contribution in [0.15, 0.2) is 42.5 Å². The number of hydrogen-bond acceptors (Lipinski definition) is 2. The molecule has 5 rings (SSSR count). The number of aromatic nitrogens is 1. The van der Waals surface area contributed by atoms with Gasteiger partial charge in [-0.25, -0.2) is 0 Å². The second-order valence-electron chi connectivity index (χ2n) is 6.63. The first-order valence-corrected chi connectivity index (χ1v) is 8.33. The fraction of sp³-hybridized carbons (Fsp3) is 0.300. The highest BCUT2D eigenvalue weighted by Gasteiger charge is 2.33. The summed E-state index contributed by atoms with van der Waals surface area (Å²) in [5.41, 5.74) is 7.11. The number of aromatic amines is 1. The van der Waals surface area contributed by atoms with E-state index >= 15 is 0 Å². The number of ether oxygens (including phenoxy) is 1. The van der Waals surface area contributed by atoms with E-state index in [0.29, 0.717) is 6.04 Å². The molecule has 23 heavy (non-hydrogen) atoms. The Labute approximate surface area is 135 Å². The molecule has 0 unspecified atom stereocenters. The number of rotatable bonds is 1. The van der Waals surface area contributed by atoms with E-state index in [1.165, 1.54) is 33.3 Å². The lowest BCUT2D eigenvalue weighted by Gasteiger charge is -2.40. The van der Waals surface area contributed by atoms with Crippen LogP contribution in [-0.2, 0) is 19.4 Å². The Balaban J connectivity index is 1.61. The van der Waals surface area contributed by atoms with Crippen molar-refractivity contribution in [2.45, 2.75) is 25.4 Å². The normalized spacial score (nSPS) is 20.0. The Morgan fingerprint density at radius 1 is 1.17 bits per heavy atom. The third kappa shape index (κ3) is 1.93. The van der Waals surface area contributed by atoms with Crippen molar-refractivity contribution in [2.75, 3.05) is 13.7 Å². The number of nitrogens with zero attached hydrogens (tertiary/aromatic N) is 1. The van der Waals surface area contributed by atoms with Crippen molar-refractivity contribution in [1.29, 1.82) is 0 Å². The number of nitrogens with one attached hydrogen (secondary N) is 1. The lowest BCUT2D eigenvalue weighted by Crippen LogP contribution is -2.39. The highest BCUT2D eigenvalue weighted by atomic mass is 16.5. The van der Waals surface area contributed by atoms with Crippen LogP contribution in [-0.4, -0.2) is 23.5 Å². The highest BCUT2D eigenvalue weighted by Crippen LogP contribution is 2.41. The van der Waals surface area contributed by atoms with Crippen LogP contribution >= 0.6 is 0 Å². The molecule has 3 heterocycles. The summed E-state index contributed by atoms with van der Waals surface area (Å²) in [4.78, 5) is 6.25. The molecule has 0 fully saturated rings. The van der Waals surface area contributed by atoms with Gasteiger partial charge in [-0.15, -0.1) is 0 Å². The van der Waals surface area contributed by atoms with Crippen LogP contribution < -0.4 is 4.74 Å². The topological polar surface area (TPSA) is 28.3 Å². The van der Waals surface area contributed by atoms with Crippen LogP contribution in [0.3, 0.4) is 0 Å². The Morgan fingerprint density at radius 2 is 2.09 bits per heavy atom. The van der Waals surface area contributed by atoms with E-state index < -0.39 is 0 Å². The number of hydrogen-bond donors (Lipinski definition) is 1. The SMILES string of the molecule is COc1ccc2c(c1)CCN1Cc3[nH]c4ccccc4c3C[C@H]21. The summed E-state index contributed by atoms with van der Waals surface area (Å²) in [5.74, 6) is 0.973. The predicted octanol–water partition coefficient (Wildman–Crippen LogP) is 3.83. The van der Waals surface area contributed by atoms with Crippen LogP contribution in [0.25, 0.3) is 10.9 Å². The minimum absolute atomic E-state index is 0.497. The van der Waals surface area contributed by atoms with E-state index in [1.807, 2.05) is 0 Å². The second-order valence-corrected chi connectivity index (χ2v) is 6.63. The third-order valence-electron chi connectivity index (χ3n) is 5.48. The zero-order chi connectivity index (χ0) is 15.4. The lowest BCUT2D eigenvalue weighted by atomic mass is 9.85. The highest BCUT2D eigenvalue weighted by molar-refractivity contribution is 5.85. The Bertz CT molecular complexity index is 896. The molecule has 1 N–H and O–H groups in total. The van der Waals surface area contributed by atoms with Gasteiger partial charge in [0.05, 0.1) is 7.11 Å². The van der Waals surface area contributed by atoms with Gasteiger partial charge in [-0.1, -0.05) is 24.3 Å². The summed E-state index contributed by atoms with van der Waals surface area (Å²) in [5, 5.41) is 1.39. The molecule has 0 aliphatic carbocycles. The van der Waals surface area contributed by atoms with E-state index in [0.717, 1.165) is 31.7 Å². The molecule has 0 spiro atoms. The molecular weight excluding hydrogens is 284 g/mol. The zero-order valence-corrected chi connectivity index (χ0v) is 13.3. The van der Waals surface area contributed by atoms with Gasteiger partial charge in [-0.2, -0.15) is 0 Å². The zero-order valence-electron chi connectivity index (χ0n) is 13.3. The summed E-state index contributed by atoms with van der Waals surface area (Å²) in [6, 6.07) is 15.8. The maximum Gasteiger partial charge on any atom is 0.119 e. The maximum atomic E-state index is 5.40. The van der Waals surface area contributed by atoms with E-state index in [4.69, 9.17) is 4.74 Å². The van der Waals surface area contributed by atoms with Gasteiger partial charge in [0.25, 0.3) is 0 Å². The molecule has 116 valence electrons. The minimum Gasteiger partial charge on any atom is -0.497 e. The van der Waals surface area contributed by atoms with Gasteiger partial charge < -0.3 is 9.72 Å². The van der Waals surface area contributed by atoms with Crippen LogP contribution in [0, 0.1) is 0 Å². The van der Waals surface area contributed by atoms with E-state index in [2.05, 4.69) is 52.3 Å². The molecule has 0 bridgehead atoms. The summed E-state index contributed by atoms with van der Waals surface area (Å²) in [6.45, 7) is 2.15. The van der Waals surface area contributed by atoms with Crippen molar-refractivity contribution in [1.82, 2.24) is 9.88 Å². The fourth-order valence-electron chi connectivity index (χ4n) is 4.32. The van der Waals surface area contributed by atoms with E-state index in [1.54, 1.807) is 7.11 Å². The van der Waals surface area contributed by atoms with Crippen LogP contribution in [0.2, 0.25) is 0 Å². The molecule has 0 saturated heterocycles. The van der Waals surface area contributed by atoms with Crippen molar-refractivity contribution < 1.29 is 4.74 Å². The molecule has 2 aromatic carbocycles. The fourth-order valence-corrected chi connectivity index (χ4v) is 4.32. The molecule has 2 aliphatic rings. The number of fused-ring (bicyclic) bond motifs is 6. The standard InChI is InChI=1S/C20H20N2O/c1-23-14-6-7-15-13(10-14)8-9-22-12-19-17(11-20(15)22)16-4-2-3-5-18(16)21-19/h2-7,10,20-21H,8-9,11-12H2,1H3/t20-/m1/s1. The summed E-state index contributed by atoms with van der Waals surface area (Å²) < 4.78 is 5.40. The number of para-hydroxylation sites is 1. The summed E-state index contributed by atoms with van der Waals surface area (Å²) in [7, 11) is 1.75. The van der Waals surface area contributed by atoms with Gasteiger partial charge in [-0.3, -0.25) is 4.90 Å². The lowest BCUT2D eigenvalue weighted by molar-refractivity contribution is 0.159. The molecule has 0 radical (unpaired) electrons. The second kappa shape index (κ2) is 4.87. The average molecular weight is 304 g/mol. The van der Waals surface area contributed by atoms with Crippen molar-refractivity contribution in [3.8, 4) is 5.75 Å². The van der Waals surface area contributed by atoms with Crippen molar-refractivity contribution in [3.05, 3.63) is 64.8 Å². The van der Waals surface area contributed by atoms with Crippen LogP contribution in [0.1, 0.15) is 28.4 Å². The maximum absolute atomic E-state index is 5.40. The van der Waals surface area contributed by atoms with Crippen LogP contribution in [0.5, 0.6) is 5.75 Å². The molecule has 0 amide bonds. The van der Waals surface area contributed by atoms with E-state index in [-0.39, 0.29) is 0 Å². The summed E-state index contributed by atoms with van der Waals surface area (Å²) >= 11 is 0. The first-order valence-electron chi connectivity index (χ1n) is 8.33. The molecule has 2 aliphatic heterocycles. The molecule has 1 atom stereocenters. The van der Waals surface area contributed by atoms with E-state index in [9.17, 15) is 0 Å². The smallest absolute Gasteiger partial charge is 0.119 e. The predicted molar refractivity (Wildman–Crippen MR) is 91.9 cm³/mol. The molecule has 1 aromatic heterocycles. The van der Waals surface area contributed by atoms with Gasteiger partial charge in [0.1, 0.15) is 5.75 Å². The monoisotopic (exact) mass is 304 g/mol. The van der Waals surface area contributed by atoms with Gasteiger partial charge in [0.2, 0.25) is 0 Å². The van der Waals surface area contributed by atoms with Crippen LogP contribution in [0.4, 0.5) is 0 Å². The summed E-state index contributed by atoms with van der Waals surface area (Å²) in [6.07, 6.45) is 2.21. The van der Waals surface area contributed by atoms with Crippen molar-refractivity contribution in [2.24, 2.45) is 0 Å². The largest absolute Gasteiger partial charge is 0.497 e. The molecule has 3 heteroatoms. The molecular formula is C20H20N2O. The van der Waals surface area contributed by atoms with Gasteiger partial charge in [0, 0.05) is 35.7 Å². The van der Waals surface area contributed by atoms with Crippen molar-refractivity contribution >= 4 is 10.9 Å². The first kappa shape index (κ1) is 13.2. The molecule has 3 aromatic rings. The minimum atomic E-state index is 0.497. The Kier molecular flexibility index (Phi) is 2.79. The quantitative estimate of drug-likeness (QED) is 0.740. The van der Waals surface area contributed by atoms with Crippen molar-refractivity contribution in [3.63, 3.8) is 0 Å².